The van der Waals surface area contributed by atoms with E-state index in [0.29, 0.717) is 5.88 Å². The van der Waals surface area contributed by atoms with Gasteiger partial charge in [0.05, 0.1) is 13.0 Å². The minimum Gasteiger partial charge on any atom is -0.481 e. The van der Waals surface area contributed by atoms with Gasteiger partial charge in [0.15, 0.2) is 5.69 Å². The lowest BCUT2D eigenvalue weighted by Gasteiger charge is -2.07. The van der Waals surface area contributed by atoms with E-state index in [-0.39, 0.29) is 12.2 Å². The summed E-state index contributed by atoms with van der Waals surface area (Å²) < 4.78 is 4.80. The Kier molecular flexibility index (Phi) is 4.38. The molecule has 0 saturated carbocycles. The van der Waals surface area contributed by atoms with E-state index < -0.39 is 17.8 Å². The second kappa shape index (κ2) is 5.78. The fourth-order valence-electron chi connectivity index (χ4n) is 0.974. The molecule has 7 heteroatoms. The van der Waals surface area contributed by atoms with Crippen molar-refractivity contribution in [3.63, 3.8) is 0 Å². The fourth-order valence-corrected chi connectivity index (χ4v) is 0.974. The summed E-state index contributed by atoms with van der Waals surface area (Å²) in [4.78, 5) is 22.1. The summed E-state index contributed by atoms with van der Waals surface area (Å²) in [6.07, 6.45) is 0. The molecular weight excluding hydrogens is 226 g/mol. The first-order valence-corrected chi connectivity index (χ1v) is 4.93. The zero-order chi connectivity index (χ0) is 12.8. The molecule has 1 aromatic heterocycles. The van der Waals surface area contributed by atoms with Gasteiger partial charge in [-0.3, -0.25) is 9.59 Å². The Bertz CT molecular complexity index is 405. The number of hydrogen-bond donors (Lipinski definition) is 2. The Morgan fingerprint density at radius 1 is 1.47 bits per heavy atom. The first-order chi connectivity index (χ1) is 8.04. The summed E-state index contributed by atoms with van der Waals surface area (Å²) in [5, 5.41) is 18.4. The van der Waals surface area contributed by atoms with Crippen LogP contribution in [-0.4, -0.2) is 40.8 Å². The number of aromatic nitrogens is 2. The highest BCUT2D eigenvalue weighted by Crippen LogP contribution is 2.03. The number of carbonyl (C=O) groups excluding carboxylic acids is 1. The lowest BCUT2D eigenvalue weighted by Crippen LogP contribution is -2.32. The van der Waals surface area contributed by atoms with Crippen LogP contribution in [0.4, 0.5) is 0 Å². The van der Waals surface area contributed by atoms with E-state index in [2.05, 4.69) is 15.5 Å². The van der Waals surface area contributed by atoms with E-state index in [1.807, 2.05) is 0 Å². The molecule has 0 aliphatic heterocycles. The molecule has 1 atom stereocenters. The maximum atomic E-state index is 11.5. The topological polar surface area (TPSA) is 101 Å². The third kappa shape index (κ3) is 3.71. The van der Waals surface area contributed by atoms with Crippen molar-refractivity contribution in [2.24, 2.45) is 5.92 Å². The zero-order valence-electron chi connectivity index (χ0n) is 9.51. The van der Waals surface area contributed by atoms with Gasteiger partial charge in [0.25, 0.3) is 5.91 Å². The van der Waals surface area contributed by atoms with Crippen LogP contribution in [-0.2, 0) is 4.79 Å². The Morgan fingerprint density at radius 2 is 2.18 bits per heavy atom. The van der Waals surface area contributed by atoms with Crippen molar-refractivity contribution in [1.29, 1.82) is 0 Å². The molecule has 17 heavy (non-hydrogen) atoms. The Labute approximate surface area is 97.8 Å². The minimum absolute atomic E-state index is 0.0435. The lowest BCUT2D eigenvalue weighted by atomic mass is 10.2. The number of methoxy groups -OCH3 is 1. The number of carboxylic acid groups (broad SMARTS) is 1. The summed E-state index contributed by atoms with van der Waals surface area (Å²) in [6.45, 7) is 1.55. The summed E-state index contributed by atoms with van der Waals surface area (Å²) >= 11 is 0. The van der Waals surface area contributed by atoms with Crippen LogP contribution in [0.25, 0.3) is 0 Å². The molecule has 0 radical (unpaired) electrons. The van der Waals surface area contributed by atoms with E-state index in [1.54, 1.807) is 0 Å². The lowest BCUT2D eigenvalue weighted by molar-refractivity contribution is -0.140. The third-order valence-electron chi connectivity index (χ3n) is 2.07. The molecule has 1 rings (SSSR count). The average Bonchev–Trinajstić information content (AvgIpc) is 2.35. The fraction of sp³-hybridized carbons (Fsp3) is 0.400. The molecule has 0 bridgehead atoms. The van der Waals surface area contributed by atoms with Gasteiger partial charge in [0.2, 0.25) is 5.88 Å². The van der Waals surface area contributed by atoms with Gasteiger partial charge in [-0.05, 0) is 6.07 Å². The van der Waals surface area contributed by atoms with Gasteiger partial charge in [-0.15, -0.1) is 10.2 Å². The molecule has 1 unspecified atom stereocenters. The van der Waals surface area contributed by atoms with Crippen LogP contribution in [0.3, 0.4) is 0 Å². The Morgan fingerprint density at radius 3 is 2.65 bits per heavy atom. The largest absolute Gasteiger partial charge is 0.481 e. The van der Waals surface area contributed by atoms with Crippen molar-refractivity contribution in [3.05, 3.63) is 17.8 Å². The van der Waals surface area contributed by atoms with Crippen LogP contribution in [0.5, 0.6) is 5.88 Å². The van der Waals surface area contributed by atoms with Crippen LogP contribution in [0.1, 0.15) is 17.4 Å². The molecule has 0 saturated heterocycles. The second-order valence-electron chi connectivity index (χ2n) is 3.41. The second-order valence-corrected chi connectivity index (χ2v) is 3.41. The van der Waals surface area contributed by atoms with Crippen LogP contribution >= 0.6 is 0 Å². The molecule has 92 valence electrons. The highest BCUT2D eigenvalue weighted by Gasteiger charge is 2.14. The van der Waals surface area contributed by atoms with Gasteiger partial charge in [0.1, 0.15) is 0 Å². The van der Waals surface area contributed by atoms with Crippen molar-refractivity contribution in [2.45, 2.75) is 6.92 Å². The number of rotatable bonds is 5. The maximum Gasteiger partial charge on any atom is 0.308 e. The number of nitrogens with zero attached hydrogens (tertiary/aromatic N) is 2. The van der Waals surface area contributed by atoms with Gasteiger partial charge in [0, 0.05) is 12.6 Å². The van der Waals surface area contributed by atoms with Crippen LogP contribution < -0.4 is 10.1 Å². The van der Waals surface area contributed by atoms with Crippen molar-refractivity contribution >= 4 is 11.9 Å². The molecule has 0 spiro atoms. The van der Waals surface area contributed by atoms with Gasteiger partial charge in [-0.1, -0.05) is 6.92 Å². The molecule has 0 aliphatic rings. The van der Waals surface area contributed by atoms with Crippen molar-refractivity contribution < 1.29 is 19.4 Å². The first-order valence-electron chi connectivity index (χ1n) is 4.93. The maximum absolute atomic E-state index is 11.5. The molecule has 1 heterocycles. The Balaban J connectivity index is 2.55. The summed E-state index contributed by atoms with van der Waals surface area (Å²) in [5.41, 5.74) is 0.114. The molecule has 0 fully saturated rings. The number of carbonyl (C=O) groups is 2. The van der Waals surface area contributed by atoms with E-state index >= 15 is 0 Å². The molecule has 1 amide bonds. The molecule has 0 aliphatic carbocycles. The highest BCUT2D eigenvalue weighted by molar-refractivity contribution is 5.92. The smallest absolute Gasteiger partial charge is 0.308 e. The van der Waals surface area contributed by atoms with Crippen molar-refractivity contribution in [3.8, 4) is 5.88 Å². The molecule has 1 aromatic rings. The SMILES string of the molecule is COc1ccc(C(=O)NCC(C)C(=O)O)nn1. The van der Waals surface area contributed by atoms with E-state index in [0.717, 1.165) is 0 Å². The van der Waals surface area contributed by atoms with Gasteiger partial charge >= 0.3 is 5.97 Å². The quantitative estimate of drug-likeness (QED) is 0.746. The van der Waals surface area contributed by atoms with Crippen molar-refractivity contribution in [2.75, 3.05) is 13.7 Å². The number of hydrogen-bond acceptors (Lipinski definition) is 5. The van der Waals surface area contributed by atoms with Gasteiger partial charge in [-0.2, -0.15) is 0 Å². The summed E-state index contributed by atoms with van der Waals surface area (Å²) in [6, 6.07) is 2.95. The van der Waals surface area contributed by atoms with Gasteiger partial charge in [-0.25, -0.2) is 0 Å². The highest BCUT2D eigenvalue weighted by atomic mass is 16.5. The zero-order valence-corrected chi connectivity index (χ0v) is 9.51. The predicted octanol–water partition coefficient (Wildman–Crippen LogP) is -0.0643. The molecular formula is C10H13N3O4. The molecule has 7 nitrogen and oxygen atoms in total. The van der Waals surface area contributed by atoms with Crippen LogP contribution in [0.2, 0.25) is 0 Å². The monoisotopic (exact) mass is 239 g/mol. The van der Waals surface area contributed by atoms with Gasteiger partial charge < -0.3 is 15.2 Å². The normalized spacial score (nSPS) is 11.6. The standard InChI is InChI=1S/C10H13N3O4/c1-6(10(15)16)5-11-9(14)7-3-4-8(17-2)13-12-7/h3-4,6H,5H2,1-2H3,(H,11,14)(H,15,16). The van der Waals surface area contributed by atoms with Crippen LogP contribution in [0, 0.1) is 5.92 Å². The van der Waals surface area contributed by atoms with E-state index in [1.165, 1.54) is 26.2 Å². The third-order valence-corrected chi connectivity index (χ3v) is 2.07. The predicted molar refractivity (Wildman–Crippen MR) is 57.7 cm³/mol. The summed E-state index contributed by atoms with van der Waals surface area (Å²) in [7, 11) is 1.44. The number of amides is 1. The first kappa shape index (κ1) is 12.9. The van der Waals surface area contributed by atoms with Crippen LogP contribution in [0.15, 0.2) is 12.1 Å². The average molecular weight is 239 g/mol. The van der Waals surface area contributed by atoms with E-state index in [9.17, 15) is 9.59 Å². The van der Waals surface area contributed by atoms with Crippen molar-refractivity contribution in [1.82, 2.24) is 15.5 Å². The molecule has 0 aromatic carbocycles. The van der Waals surface area contributed by atoms with E-state index in [4.69, 9.17) is 9.84 Å². The molecule has 2 N–H and O–H groups in total. The number of carboxylic acids is 1. The Hall–Kier alpha value is -2.18. The number of aliphatic carboxylic acids is 1. The minimum atomic E-state index is -0.967. The number of nitrogens with one attached hydrogen (secondary N) is 1. The number of ether oxygens (including phenoxy) is 1. The summed E-state index contributed by atoms with van der Waals surface area (Å²) in [5.74, 6) is -1.77.